The summed E-state index contributed by atoms with van der Waals surface area (Å²) in [6.07, 6.45) is 2.55. The summed E-state index contributed by atoms with van der Waals surface area (Å²) in [4.78, 5) is 28.6. The molecule has 1 saturated heterocycles. The summed E-state index contributed by atoms with van der Waals surface area (Å²) in [6.45, 7) is 0.645. The number of anilines is 1. The van der Waals surface area contributed by atoms with Gasteiger partial charge >= 0.3 is 5.97 Å². The zero-order chi connectivity index (χ0) is 15.0. The lowest BCUT2D eigenvalue weighted by Gasteiger charge is -2.32. The number of carbonyl (C=O) groups is 2. The minimum absolute atomic E-state index is 0.135. The largest absolute Gasteiger partial charge is 0.478 e. The topological polar surface area (TPSA) is 110 Å². The quantitative estimate of drug-likeness (QED) is 0.883. The van der Waals surface area contributed by atoms with Gasteiger partial charge in [-0.2, -0.15) is 4.98 Å². The normalized spacial score (nSPS) is 18.9. The van der Waals surface area contributed by atoms with Gasteiger partial charge in [0.2, 0.25) is 5.91 Å². The molecule has 1 aliphatic rings. The van der Waals surface area contributed by atoms with Crippen molar-refractivity contribution in [2.24, 2.45) is 5.73 Å². The second-order valence-corrected chi connectivity index (χ2v) is 5.09. The molecule has 1 aromatic heterocycles. The van der Waals surface area contributed by atoms with E-state index in [1.54, 1.807) is 11.0 Å². The molecule has 1 aliphatic heterocycles. The van der Waals surface area contributed by atoms with Crippen LogP contribution < -0.4 is 10.6 Å². The maximum atomic E-state index is 11.5. The fourth-order valence-electron chi connectivity index (χ4n) is 2.62. The molecule has 2 heterocycles. The third-order valence-corrected chi connectivity index (χ3v) is 3.70. The summed E-state index contributed by atoms with van der Waals surface area (Å²) in [6, 6.07) is 4.38. The number of hydrogen-bond acceptors (Lipinski definition) is 5. The van der Waals surface area contributed by atoms with Gasteiger partial charge in [0.15, 0.2) is 5.58 Å². The number of aromatic carboxylic acids is 1. The van der Waals surface area contributed by atoms with E-state index in [9.17, 15) is 9.59 Å². The maximum Gasteiger partial charge on any atom is 0.335 e. The van der Waals surface area contributed by atoms with E-state index in [-0.39, 0.29) is 5.56 Å². The highest BCUT2D eigenvalue weighted by atomic mass is 16.4. The molecule has 0 saturated carbocycles. The van der Waals surface area contributed by atoms with E-state index in [4.69, 9.17) is 15.3 Å². The molecule has 0 radical (unpaired) electrons. The van der Waals surface area contributed by atoms with Gasteiger partial charge in [0.05, 0.1) is 5.56 Å². The second-order valence-electron chi connectivity index (χ2n) is 5.09. The van der Waals surface area contributed by atoms with Gasteiger partial charge in [0.1, 0.15) is 11.6 Å². The molecule has 1 aromatic carbocycles. The summed E-state index contributed by atoms with van der Waals surface area (Å²) in [5, 5.41) is 8.98. The number of primary amides is 1. The highest BCUT2D eigenvalue weighted by Crippen LogP contribution is 2.28. The minimum Gasteiger partial charge on any atom is -0.478 e. The van der Waals surface area contributed by atoms with Crippen LogP contribution in [-0.4, -0.2) is 34.6 Å². The zero-order valence-corrected chi connectivity index (χ0v) is 11.3. The number of carboxylic acid groups (broad SMARTS) is 1. The SMILES string of the molecule is NC(=O)C1CCCCN1c1nc2ccc(C(=O)O)cc2o1. The van der Waals surface area contributed by atoms with Crippen LogP contribution >= 0.6 is 0 Å². The number of rotatable bonds is 3. The van der Waals surface area contributed by atoms with Crippen molar-refractivity contribution in [1.29, 1.82) is 0 Å². The number of carbonyl (C=O) groups excluding carboxylic acids is 1. The number of benzene rings is 1. The molecule has 1 unspecified atom stereocenters. The molecule has 0 aliphatic carbocycles. The van der Waals surface area contributed by atoms with Gasteiger partial charge in [0.25, 0.3) is 6.01 Å². The van der Waals surface area contributed by atoms with Crippen molar-refractivity contribution < 1.29 is 19.1 Å². The van der Waals surface area contributed by atoms with Crippen LogP contribution in [0.2, 0.25) is 0 Å². The Hall–Kier alpha value is -2.57. The molecule has 1 atom stereocenters. The molecular formula is C14H15N3O4. The Morgan fingerprint density at radius 2 is 2.19 bits per heavy atom. The minimum atomic E-state index is -1.03. The molecule has 3 N–H and O–H groups in total. The number of carboxylic acids is 1. The Morgan fingerprint density at radius 1 is 1.38 bits per heavy atom. The summed E-state index contributed by atoms with van der Waals surface area (Å²) >= 11 is 0. The Balaban J connectivity index is 1.99. The van der Waals surface area contributed by atoms with E-state index in [1.165, 1.54) is 12.1 Å². The van der Waals surface area contributed by atoms with Crippen LogP contribution in [0.5, 0.6) is 0 Å². The molecule has 1 fully saturated rings. The van der Waals surface area contributed by atoms with Gasteiger partial charge in [0, 0.05) is 6.54 Å². The van der Waals surface area contributed by atoms with Crippen LogP contribution in [0.15, 0.2) is 22.6 Å². The predicted octanol–water partition coefficient (Wildman–Crippen LogP) is 1.37. The monoisotopic (exact) mass is 289 g/mol. The van der Waals surface area contributed by atoms with Crippen molar-refractivity contribution in [2.45, 2.75) is 25.3 Å². The molecule has 7 nitrogen and oxygen atoms in total. The lowest BCUT2D eigenvalue weighted by atomic mass is 10.0. The number of fused-ring (bicyclic) bond motifs is 1. The Kier molecular flexibility index (Phi) is 3.25. The van der Waals surface area contributed by atoms with Gasteiger partial charge in [-0.05, 0) is 37.5 Å². The van der Waals surface area contributed by atoms with E-state index in [0.29, 0.717) is 30.1 Å². The second kappa shape index (κ2) is 5.08. The number of nitrogens with zero attached hydrogens (tertiary/aromatic N) is 2. The van der Waals surface area contributed by atoms with Crippen molar-refractivity contribution in [3.05, 3.63) is 23.8 Å². The summed E-state index contributed by atoms with van der Waals surface area (Å²) in [7, 11) is 0. The van der Waals surface area contributed by atoms with E-state index in [2.05, 4.69) is 4.98 Å². The van der Waals surface area contributed by atoms with Gasteiger partial charge in [-0.1, -0.05) is 0 Å². The Bertz CT molecular complexity index is 709. The van der Waals surface area contributed by atoms with E-state index in [0.717, 1.165) is 12.8 Å². The van der Waals surface area contributed by atoms with Crippen molar-refractivity contribution >= 4 is 29.0 Å². The zero-order valence-electron chi connectivity index (χ0n) is 11.3. The van der Waals surface area contributed by atoms with Crippen molar-refractivity contribution in [2.75, 3.05) is 11.4 Å². The number of hydrogen-bond donors (Lipinski definition) is 2. The number of nitrogens with two attached hydrogens (primary N) is 1. The first-order valence-corrected chi connectivity index (χ1v) is 6.76. The average Bonchev–Trinajstić information content (AvgIpc) is 2.89. The van der Waals surface area contributed by atoms with Crippen molar-refractivity contribution in [1.82, 2.24) is 4.98 Å². The highest BCUT2D eigenvalue weighted by Gasteiger charge is 2.30. The number of oxazole rings is 1. The lowest BCUT2D eigenvalue weighted by molar-refractivity contribution is -0.119. The molecule has 2 aromatic rings. The number of piperidine rings is 1. The summed E-state index contributed by atoms with van der Waals surface area (Å²) in [5.74, 6) is -1.42. The summed E-state index contributed by atoms with van der Waals surface area (Å²) in [5.41, 5.74) is 6.51. The van der Waals surface area contributed by atoms with Crippen LogP contribution in [0.4, 0.5) is 6.01 Å². The van der Waals surface area contributed by atoms with Crippen LogP contribution in [0.25, 0.3) is 11.1 Å². The van der Waals surface area contributed by atoms with Gasteiger partial charge < -0.3 is 20.2 Å². The molecule has 110 valence electrons. The fraction of sp³-hybridized carbons (Fsp3) is 0.357. The molecule has 1 amide bonds. The van der Waals surface area contributed by atoms with E-state index < -0.39 is 17.9 Å². The first-order chi connectivity index (χ1) is 10.1. The maximum absolute atomic E-state index is 11.5. The van der Waals surface area contributed by atoms with Crippen molar-refractivity contribution in [3.63, 3.8) is 0 Å². The fourth-order valence-corrected chi connectivity index (χ4v) is 2.62. The molecule has 0 bridgehead atoms. The van der Waals surface area contributed by atoms with E-state index in [1.807, 2.05) is 0 Å². The lowest BCUT2D eigenvalue weighted by Crippen LogP contribution is -2.48. The smallest absolute Gasteiger partial charge is 0.335 e. The van der Waals surface area contributed by atoms with Crippen LogP contribution in [0, 0.1) is 0 Å². The van der Waals surface area contributed by atoms with Crippen LogP contribution in [-0.2, 0) is 4.79 Å². The average molecular weight is 289 g/mol. The third-order valence-electron chi connectivity index (χ3n) is 3.70. The third kappa shape index (κ3) is 2.42. The van der Waals surface area contributed by atoms with Crippen LogP contribution in [0.3, 0.4) is 0 Å². The molecule has 7 heteroatoms. The molecule has 21 heavy (non-hydrogen) atoms. The summed E-state index contributed by atoms with van der Waals surface area (Å²) < 4.78 is 5.62. The van der Waals surface area contributed by atoms with Gasteiger partial charge in [-0.25, -0.2) is 4.79 Å². The Morgan fingerprint density at radius 3 is 2.90 bits per heavy atom. The Labute approximate surface area is 120 Å². The number of aromatic nitrogens is 1. The standard InChI is InChI=1S/C14H15N3O4/c15-12(18)10-3-1-2-6-17(10)14-16-9-5-4-8(13(19)20)7-11(9)21-14/h4-5,7,10H,1-3,6H2,(H2,15,18)(H,19,20). The van der Waals surface area contributed by atoms with Gasteiger partial charge in [-0.3, -0.25) is 4.79 Å². The first kappa shape index (κ1) is 13.4. The molecule has 3 rings (SSSR count). The van der Waals surface area contributed by atoms with Crippen LogP contribution in [0.1, 0.15) is 29.6 Å². The number of amides is 1. The molecule has 0 spiro atoms. The van der Waals surface area contributed by atoms with E-state index >= 15 is 0 Å². The van der Waals surface area contributed by atoms with Gasteiger partial charge in [-0.15, -0.1) is 0 Å². The predicted molar refractivity (Wildman–Crippen MR) is 75.1 cm³/mol. The van der Waals surface area contributed by atoms with Crippen molar-refractivity contribution in [3.8, 4) is 0 Å². The first-order valence-electron chi connectivity index (χ1n) is 6.76. The molecular weight excluding hydrogens is 274 g/mol. The highest BCUT2D eigenvalue weighted by molar-refractivity contribution is 5.92.